The summed E-state index contributed by atoms with van der Waals surface area (Å²) in [6.07, 6.45) is -2.01. The van der Waals surface area contributed by atoms with E-state index in [-0.39, 0.29) is 6.10 Å². The van der Waals surface area contributed by atoms with Crippen molar-refractivity contribution in [3.63, 3.8) is 0 Å². The third-order valence-electron chi connectivity index (χ3n) is 4.77. The van der Waals surface area contributed by atoms with Crippen molar-refractivity contribution in [1.29, 1.82) is 0 Å². The van der Waals surface area contributed by atoms with Crippen LogP contribution in [0.15, 0.2) is 59.5 Å². The Bertz CT molecular complexity index is 724. The van der Waals surface area contributed by atoms with Crippen LogP contribution in [-0.2, 0) is 14.2 Å². The smallest absolute Gasteiger partial charge is 0.184 e. The largest absolute Gasteiger partial charge is 0.388 e. The van der Waals surface area contributed by atoms with Crippen LogP contribution in [0, 0.1) is 6.92 Å². The number of aliphatic hydroxyl groups excluding tert-OH is 1. The van der Waals surface area contributed by atoms with Crippen LogP contribution >= 0.6 is 11.8 Å². The number of thioether (sulfide) groups is 1. The lowest BCUT2D eigenvalue weighted by molar-refractivity contribution is -0.297. The molecular weight excluding hydrogens is 350 g/mol. The molecule has 0 aromatic heterocycles. The quantitative estimate of drug-likeness (QED) is 0.862. The summed E-state index contributed by atoms with van der Waals surface area (Å²) in [6, 6.07) is 17.3. The molecule has 0 amide bonds. The summed E-state index contributed by atoms with van der Waals surface area (Å²) in [5.41, 5.74) is 7.99. The van der Waals surface area contributed by atoms with Gasteiger partial charge >= 0.3 is 0 Å². The molecule has 0 aliphatic carbocycles. The average Bonchev–Trinajstić information content (AvgIpc) is 2.68. The van der Waals surface area contributed by atoms with Crippen LogP contribution in [0.2, 0.25) is 0 Å². The summed E-state index contributed by atoms with van der Waals surface area (Å²) in [4.78, 5) is 1.03. The minimum atomic E-state index is -0.822. The van der Waals surface area contributed by atoms with Crippen molar-refractivity contribution in [3.8, 4) is 0 Å². The molecular formula is C20H23NO4S. The van der Waals surface area contributed by atoms with Gasteiger partial charge in [0.15, 0.2) is 6.29 Å². The zero-order chi connectivity index (χ0) is 18.1. The number of hydrogen-bond acceptors (Lipinski definition) is 6. The maximum Gasteiger partial charge on any atom is 0.184 e. The Morgan fingerprint density at radius 2 is 1.77 bits per heavy atom. The summed E-state index contributed by atoms with van der Waals surface area (Å²) >= 11 is 1.47. The molecule has 2 aromatic rings. The van der Waals surface area contributed by atoms with Gasteiger partial charge in [-0.05, 0) is 19.1 Å². The van der Waals surface area contributed by atoms with Gasteiger partial charge < -0.3 is 25.1 Å². The second kappa shape index (κ2) is 7.68. The zero-order valence-electron chi connectivity index (χ0n) is 14.5. The number of nitrogens with two attached hydrogens (primary N) is 1. The highest BCUT2D eigenvalue weighted by Crippen LogP contribution is 2.38. The van der Waals surface area contributed by atoms with Gasteiger partial charge in [-0.3, -0.25) is 0 Å². The number of fused-ring (bicyclic) bond motifs is 1. The summed E-state index contributed by atoms with van der Waals surface area (Å²) in [5.74, 6) is 0. The minimum absolute atomic E-state index is 0.295. The van der Waals surface area contributed by atoms with Gasteiger partial charge in [-0.1, -0.05) is 59.8 Å². The molecule has 138 valence electrons. The van der Waals surface area contributed by atoms with Crippen LogP contribution in [0.3, 0.4) is 0 Å². The zero-order valence-corrected chi connectivity index (χ0v) is 15.3. The second-order valence-corrected chi connectivity index (χ2v) is 7.89. The number of hydrogen-bond donors (Lipinski definition) is 2. The van der Waals surface area contributed by atoms with E-state index in [0.717, 1.165) is 10.5 Å². The predicted octanol–water partition coefficient (Wildman–Crippen LogP) is 2.61. The molecule has 0 saturated carbocycles. The van der Waals surface area contributed by atoms with Gasteiger partial charge in [-0.25, -0.2) is 0 Å². The van der Waals surface area contributed by atoms with Gasteiger partial charge in [0.2, 0.25) is 0 Å². The predicted molar refractivity (Wildman–Crippen MR) is 99.7 cm³/mol. The maximum absolute atomic E-state index is 10.7. The summed E-state index contributed by atoms with van der Waals surface area (Å²) in [5, 5.41) is 10.7. The van der Waals surface area contributed by atoms with Crippen LogP contribution in [0.1, 0.15) is 17.4 Å². The molecule has 5 nitrogen and oxygen atoms in total. The van der Waals surface area contributed by atoms with Crippen molar-refractivity contribution < 1.29 is 19.3 Å². The van der Waals surface area contributed by atoms with E-state index in [1.807, 2.05) is 61.5 Å². The molecule has 6 unspecified atom stereocenters. The van der Waals surface area contributed by atoms with Crippen molar-refractivity contribution in [1.82, 2.24) is 0 Å². The highest BCUT2D eigenvalue weighted by atomic mass is 32.2. The highest BCUT2D eigenvalue weighted by molar-refractivity contribution is 7.99. The standard InChI is InChI=1S/C20H23NO4S/c1-12-7-9-14(10-8-12)26-20-17(22)16(21)18-15(24-20)11-23-19(25-18)13-5-3-2-4-6-13/h2-10,15-20,22H,11,21H2,1H3. The van der Waals surface area contributed by atoms with Gasteiger partial charge in [-0.2, -0.15) is 0 Å². The van der Waals surface area contributed by atoms with E-state index in [2.05, 4.69) is 0 Å². The van der Waals surface area contributed by atoms with Crippen LogP contribution in [0.4, 0.5) is 0 Å². The van der Waals surface area contributed by atoms with Gasteiger partial charge in [0.05, 0.1) is 12.6 Å². The fraction of sp³-hybridized carbons (Fsp3) is 0.400. The van der Waals surface area contributed by atoms with Crippen LogP contribution < -0.4 is 5.73 Å². The number of benzene rings is 2. The van der Waals surface area contributed by atoms with E-state index in [0.29, 0.717) is 6.61 Å². The Kier molecular flexibility index (Phi) is 5.31. The van der Waals surface area contributed by atoms with Gasteiger partial charge in [0.25, 0.3) is 0 Å². The first kappa shape index (κ1) is 18.0. The molecule has 2 fully saturated rings. The Labute approximate surface area is 157 Å². The third-order valence-corrected chi connectivity index (χ3v) is 5.93. The van der Waals surface area contributed by atoms with Crippen LogP contribution in [0.25, 0.3) is 0 Å². The number of aryl methyl sites for hydroxylation is 1. The average molecular weight is 373 g/mol. The molecule has 4 rings (SSSR count). The van der Waals surface area contributed by atoms with E-state index in [1.54, 1.807) is 0 Å². The number of rotatable bonds is 3. The minimum Gasteiger partial charge on any atom is -0.388 e. The van der Waals surface area contributed by atoms with Crippen molar-refractivity contribution in [3.05, 3.63) is 65.7 Å². The molecule has 0 bridgehead atoms. The van der Waals surface area contributed by atoms with E-state index in [4.69, 9.17) is 19.9 Å². The van der Waals surface area contributed by atoms with Crippen LogP contribution in [-0.4, -0.2) is 41.5 Å². The molecule has 2 aromatic carbocycles. The normalized spacial score (nSPS) is 34.3. The Morgan fingerprint density at radius 1 is 1.04 bits per heavy atom. The van der Waals surface area contributed by atoms with Gasteiger partial charge in [0, 0.05) is 10.5 Å². The molecule has 6 atom stereocenters. The summed E-state index contributed by atoms with van der Waals surface area (Å²) in [7, 11) is 0. The van der Waals surface area contributed by atoms with E-state index >= 15 is 0 Å². The third kappa shape index (κ3) is 3.67. The lowest BCUT2D eigenvalue weighted by atomic mass is 9.97. The van der Waals surface area contributed by atoms with E-state index in [1.165, 1.54) is 17.3 Å². The van der Waals surface area contributed by atoms with Crippen LogP contribution in [0.5, 0.6) is 0 Å². The lowest BCUT2D eigenvalue weighted by Crippen LogP contribution is -2.64. The lowest BCUT2D eigenvalue weighted by Gasteiger charge is -2.47. The fourth-order valence-corrected chi connectivity index (χ4v) is 4.34. The van der Waals surface area contributed by atoms with Gasteiger partial charge in [0.1, 0.15) is 23.7 Å². The Morgan fingerprint density at radius 3 is 2.50 bits per heavy atom. The SMILES string of the molecule is Cc1ccc(SC2OC3COC(c4ccccc4)OC3C(N)C2O)cc1. The number of ether oxygens (including phenoxy) is 3. The Balaban J connectivity index is 1.45. The molecule has 2 heterocycles. The first-order chi connectivity index (χ1) is 12.6. The molecule has 2 saturated heterocycles. The molecule has 3 N–H and O–H groups in total. The van der Waals surface area contributed by atoms with Crippen molar-refractivity contribution >= 4 is 11.8 Å². The highest BCUT2D eigenvalue weighted by Gasteiger charge is 2.48. The topological polar surface area (TPSA) is 73.9 Å². The second-order valence-electron chi connectivity index (χ2n) is 6.72. The summed E-state index contributed by atoms with van der Waals surface area (Å²) < 4.78 is 17.9. The number of aliphatic hydroxyl groups is 1. The van der Waals surface area contributed by atoms with Gasteiger partial charge in [-0.15, -0.1) is 0 Å². The van der Waals surface area contributed by atoms with Crippen molar-refractivity contribution in [2.24, 2.45) is 5.73 Å². The summed E-state index contributed by atoms with van der Waals surface area (Å²) in [6.45, 7) is 2.43. The molecule has 26 heavy (non-hydrogen) atoms. The van der Waals surface area contributed by atoms with Crippen molar-refractivity contribution in [2.45, 2.75) is 47.9 Å². The fourth-order valence-electron chi connectivity index (χ4n) is 3.26. The first-order valence-corrected chi connectivity index (χ1v) is 9.64. The monoisotopic (exact) mass is 373 g/mol. The molecule has 0 spiro atoms. The first-order valence-electron chi connectivity index (χ1n) is 8.76. The maximum atomic E-state index is 10.7. The van der Waals surface area contributed by atoms with E-state index in [9.17, 15) is 5.11 Å². The Hall–Kier alpha value is -1.41. The molecule has 6 heteroatoms. The molecule has 2 aliphatic heterocycles. The van der Waals surface area contributed by atoms with E-state index < -0.39 is 30.0 Å². The molecule has 0 radical (unpaired) electrons. The van der Waals surface area contributed by atoms with Crippen molar-refractivity contribution in [2.75, 3.05) is 6.61 Å². The molecule has 2 aliphatic rings.